The Bertz CT molecular complexity index is 763. The van der Waals surface area contributed by atoms with Crippen molar-refractivity contribution >= 4 is 10.8 Å². The van der Waals surface area contributed by atoms with E-state index in [9.17, 15) is 0 Å². The number of rotatable bonds is 4. The summed E-state index contributed by atoms with van der Waals surface area (Å²) in [4.78, 5) is 0. The van der Waals surface area contributed by atoms with Crippen LogP contribution in [0.15, 0.2) is 65.8 Å². The first-order chi connectivity index (χ1) is 11.1. The quantitative estimate of drug-likeness (QED) is 0.699. The first kappa shape index (κ1) is 15.7. The van der Waals surface area contributed by atoms with E-state index in [-0.39, 0.29) is 12.0 Å². The van der Waals surface area contributed by atoms with E-state index in [2.05, 4.69) is 55.5 Å². The van der Waals surface area contributed by atoms with E-state index in [1.54, 1.807) is 0 Å². The van der Waals surface area contributed by atoms with Gasteiger partial charge in [0.05, 0.1) is 6.10 Å². The molecule has 3 rings (SSSR count). The summed E-state index contributed by atoms with van der Waals surface area (Å²) in [6.45, 7) is 8.27. The largest absolute Gasteiger partial charge is 0.462 e. The average molecular weight is 308 g/mol. The van der Waals surface area contributed by atoms with Gasteiger partial charge in [0, 0.05) is 11.5 Å². The average Bonchev–Trinajstić information content (AvgIpc) is 2.53. The topological polar surface area (TPSA) is 18.5 Å². The van der Waals surface area contributed by atoms with Gasteiger partial charge in [0.25, 0.3) is 5.95 Å². The highest BCUT2D eigenvalue weighted by molar-refractivity contribution is 5.86. The normalized spacial score (nSPS) is 16.3. The van der Waals surface area contributed by atoms with Crippen molar-refractivity contribution < 1.29 is 9.47 Å². The van der Waals surface area contributed by atoms with E-state index < -0.39 is 0 Å². The maximum absolute atomic E-state index is 5.95. The summed E-state index contributed by atoms with van der Waals surface area (Å²) in [6, 6.07) is 15.0. The molecule has 0 bridgehead atoms. The standard InChI is InChI=1S/C21H24O2/c1-14(2)22-21-19(13-12-15(3)23-21)16(4)18-11-7-9-17-8-5-6-10-20(17)18/h5-12,14,16H,13H2,1-4H3. The number of fused-ring (bicyclic) bond motifs is 1. The summed E-state index contributed by atoms with van der Waals surface area (Å²) >= 11 is 0. The molecule has 0 aromatic heterocycles. The van der Waals surface area contributed by atoms with E-state index in [1.165, 1.54) is 21.9 Å². The molecule has 0 fully saturated rings. The minimum atomic E-state index is 0.102. The predicted octanol–water partition coefficient (Wildman–Crippen LogP) is 5.90. The first-order valence-corrected chi connectivity index (χ1v) is 8.28. The highest BCUT2D eigenvalue weighted by Gasteiger charge is 2.23. The SMILES string of the molecule is CC1=CCC(C(C)c2cccc3ccccc23)=C(OC(C)C)O1. The van der Waals surface area contributed by atoms with E-state index in [4.69, 9.17) is 9.47 Å². The molecular weight excluding hydrogens is 284 g/mol. The molecule has 0 N–H and O–H groups in total. The lowest BCUT2D eigenvalue weighted by Crippen LogP contribution is -2.14. The second-order valence-electron chi connectivity index (χ2n) is 6.39. The van der Waals surface area contributed by atoms with Crippen LogP contribution >= 0.6 is 0 Å². The van der Waals surface area contributed by atoms with Crippen LogP contribution in [-0.4, -0.2) is 6.10 Å². The summed E-state index contributed by atoms with van der Waals surface area (Å²) in [5.74, 6) is 1.84. The van der Waals surface area contributed by atoms with Gasteiger partial charge in [-0.1, -0.05) is 49.4 Å². The molecule has 0 radical (unpaired) electrons. The van der Waals surface area contributed by atoms with Crippen molar-refractivity contribution in [3.8, 4) is 0 Å². The van der Waals surface area contributed by atoms with Crippen LogP contribution in [0.5, 0.6) is 0 Å². The molecule has 2 heteroatoms. The highest BCUT2D eigenvalue weighted by atomic mass is 16.7. The molecule has 2 aromatic carbocycles. The lowest BCUT2D eigenvalue weighted by molar-refractivity contribution is 0.0253. The van der Waals surface area contributed by atoms with Crippen molar-refractivity contribution in [2.24, 2.45) is 0 Å². The van der Waals surface area contributed by atoms with Crippen LogP contribution in [0.4, 0.5) is 0 Å². The summed E-state index contributed by atoms with van der Waals surface area (Å²) < 4.78 is 11.8. The van der Waals surface area contributed by atoms with Crippen molar-refractivity contribution in [2.45, 2.75) is 46.1 Å². The molecule has 120 valence electrons. The minimum Gasteiger partial charge on any atom is -0.462 e. The van der Waals surface area contributed by atoms with Gasteiger partial charge in [-0.05, 0) is 49.6 Å². The van der Waals surface area contributed by atoms with Crippen LogP contribution in [0, 0.1) is 0 Å². The van der Waals surface area contributed by atoms with E-state index >= 15 is 0 Å². The molecule has 0 spiro atoms. The molecule has 1 aliphatic heterocycles. The highest BCUT2D eigenvalue weighted by Crippen LogP contribution is 2.37. The molecule has 1 unspecified atom stereocenters. The predicted molar refractivity (Wildman–Crippen MR) is 95.1 cm³/mol. The molecular formula is C21H24O2. The molecule has 0 aliphatic carbocycles. The summed E-state index contributed by atoms with van der Waals surface area (Å²) in [5.41, 5.74) is 2.53. The molecule has 1 aliphatic rings. The number of hydrogen-bond donors (Lipinski definition) is 0. The van der Waals surface area contributed by atoms with Crippen LogP contribution in [-0.2, 0) is 9.47 Å². The maximum Gasteiger partial charge on any atom is 0.284 e. The van der Waals surface area contributed by atoms with Crippen LogP contribution < -0.4 is 0 Å². The smallest absolute Gasteiger partial charge is 0.284 e. The fourth-order valence-electron chi connectivity index (χ4n) is 3.07. The number of hydrogen-bond acceptors (Lipinski definition) is 2. The van der Waals surface area contributed by atoms with Crippen molar-refractivity contribution in [1.29, 1.82) is 0 Å². The Morgan fingerprint density at radius 3 is 2.52 bits per heavy atom. The Kier molecular flexibility index (Phi) is 4.42. The van der Waals surface area contributed by atoms with Crippen LogP contribution in [0.25, 0.3) is 10.8 Å². The molecule has 1 heterocycles. The van der Waals surface area contributed by atoms with Crippen LogP contribution in [0.1, 0.15) is 45.6 Å². The zero-order valence-electron chi connectivity index (χ0n) is 14.3. The van der Waals surface area contributed by atoms with Gasteiger partial charge in [0.1, 0.15) is 5.76 Å². The Labute approximate surface area is 138 Å². The lowest BCUT2D eigenvalue weighted by atomic mass is 9.87. The Balaban J connectivity index is 2.04. The van der Waals surface area contributed by atoms with Gasteiger partial charge in [-0.2, -0.15) is 0 Å². The Morgan fingerprint density at radius 1 is 1.00 bits per heavy atom. The van der Waals surface area contributed by atoms with Gasteiger partial charge in [0.2, 0.25) is 0 Å². The third kappa shape index (κ3) is 3.26. The fraction of sp³-hybridized carbons (Fsp3) is 0.333. The van der Waals surface area contributed by atoms with Gasteiger partial charge >= 0.3 is 0 Å². The molecule has 2 nitrogen and oxygen atoms in total. The fourth-order valence-corrected chi connectivity index (χ4v) is 3.07. The third-order valence-electron chi connectivity index (χ3n) is 4.28. The van der Waals surface area contributed by atoms with Gasteiger partial charge in [-0.3, -0.25) is 0 Å². The van der Waals surface area contributed by atoms with Gasteiger partial charge in [-0.25, -0.2) is 0 Å². The molecule has 1 atom stereocenters. The van der Waals surface area contributed by atoms with Gasteiger partial charge < -0.3 is 9.47 Å². The van der Waals surface area contributed by atoms with Crippen molar-refractivity contribution in [3.63, 3.8) is 0 Å². The maximum atomic E-state index is 5.95. The summed E-state index contributed by atoms with van der Waals surface area (Å²) in [7, 11) is 0. The molecule has 0 saturated heterocycles. The number of ether oxygens (including phenoxy) is 2. The summed E-state index contributed by atoms with van der Waals surface area (Å²) in [6.07, 6.45) is 3.10. The first-order valence-electron chi connectivity index (χ1n) is 8.28. The van der Waals surface area contributed by atoms with Gasteiger partial charge in [-0.15, -0.1) is 0 Å². The second kappa shape index (κ2) is 6.49. The number of benzene rings is 2. The van der Waals surface area contributed by atoms with Crippen molar-refractivity contribution in [1.82, 2.24) is 0 Å². The van der Waals surface area contributed by atoms with E-state index in [0.29, 0.717) is 5.95 Å². The Hall–Kier alpha value is -2.22. The third-order valence-corrected chi connectivity index (χ3v) is 4.28. The van der Waals surface area contributed by atoms with E-state index in [0.717, 1.165) is 12.2 Å². The zero-order valence-corrected chi connectivity index (χ0v) is 14.3. The summed E-state index contributed by atoms with van der Waals surface area (Å²) in [5, 5.41) is 2.57. The molecule has 0 saturated carbocycles. The zero-order chi connectivity index (χ0) is 16.4. The van der Waals surface area contributed by atoms with Crippen LogP contribution in [0.3, 0.4) is 0 Å². The van der Waals surface area contributed by atoms with E-state index in [1.807, 2.05) is 20.8 Å². The monoisotopic (exact) mass is 308 g/mol. The minimum absolute atomic E-state index is 0.102. The second-order valence-corrected chi connectivity index (χ2v) is 6.39. The van der Waals surface area contributed by atoms with Crippen LogP contribution in [0.2, 0.25) is 0 Å². The molecule has 23 heavy (non-hydrogen) atoms. The molecule has 0 amide bonds. The number of allylic oxidation sites excluding steroid dienone is 3. The van der Waals surface area contributed by atoms with Gasteiger partial charge in [0.15, 0.2) is 0 Å². The lowest BCUT2D eigenvalue weighted by Gasteiger charge is -2.26. The van der Waals surface area contributed by atoms with Crippen molar-refractivity contribution in [3.05, 3.63) is 71.4 Å². The Morgan fingerprint density at radius 2 is 1.74 bits per heavy atom. The molecule has 2 aromatic rings. The van der Waals surface area contributed by atoms with Crippen molar-refractivity contribution in [2.75, 3.05) is 0 Å².